The highest BCUT2D eigenvalue weighted by Gasteiger charge is 2.12. The number of hydrogen-bond donors (Lipinski definition) is 0. The minimum absolute atomic E-state index is 0.430. The number of benzene rings is 1. The van der Waals surface area contributed by atoms with Gasteiger partial charge in [-0.15, -0.1) is 0 Å². The minimum atomic E-state index is 0.430. The van der Waals surface area contributed by atoms with Gasteiger partial charge in [-0.3, -0.25) is 0 Å². The second kappa shape index (κ2) is 5.15. The van der Waals surface area contributed by atoms with E-state index in [9.17, 15) is 0 Å². The number of hydrogen-bond acceptors (Lipinski definition) is 1. The molecule has 2 heteroatoms. The standard InChI is InChI=1S/C14H15BrS/c1-10-5-3-4-6-12(10)7-14(15)13-9-16-8-11(13)2/h3-6,8-9,14H,7H2,1-2H3. The summed E-state index contributed by atoms with van der Waals surface area (Å²) in [4.78, 5) is 0.430. The van der Waals surface area contributed by atoms with Gasteiger partial charge in [0.1, 0.15) is 0 Å². The maximum Gasteiger partial charge on any atom is 0.0446 e. The molecule has 2 aromatic rings. The fourth-order valence-corrected chi connectivity index (χ4v) is 3.76. The molecule has 0 amide bonds. The highest BCUT2D eigenvalue weighted by molar-refractivity contribution is 9.09. The summed E-state index contributed by atoms with van der Waals surface area (Å²) in [5, 5.41) is 4.45. The third-order valence-electron chi connectivity index (χ3n) is 2.89. The normalized spacial score (nSPS) is 12.7. The first-order valence-electron chi connectivity index (χ1n) is 5.39. The lowest BCUT2D eigenvalue weighted by atomic mass is 10.0. The van der Waals surface area contributed by atoms with Crippen molar-refractivity contribution in [1.82, 2.24) is 0 Å². The topological polar surface area (TPSA) is 0 Å². The molecule has 0 N–H and O–H groups in total. The SMILES string of the molecule is Cc1ccccc1CC(Br)c1cscc1C. The van der Waals surface area contributed by atoms with Gasteiger partial charge in [0.15, 0.2) is 0 Å². The van der Waals surface area contributed by atoms with Gasteiger partial charge in [0.2, 0.25) is 0 Å². The maximum absolute atomic E-state index is 3.79. The van der Waals surface area contributed by atoms with Crippen molar-refractivity contribution in [2.45, 2.75) is 25.1 Å². The predicted molar refractivity (Wildman–Crippen MR) is 75.6 cm³/mol. The van der Waals surface area contributed by atoms with E-state index >= 15 is 0 Å². The van der Waals surface area contributed by atoms with E-state index in [2.05, 4.69) is 64.8 Å². The molecule has 0 nitrogen and oxygen atoms in total. The number of rotatable bonds is 3. The Balaban J connectivity index is 2.17. The highest BCUT2D eigenvalue weighted by atomic mass is 79.9. The van der Waals surface area contributed by atoms with Gasteiger partial charge in [0, 0.05) is 4.83 Å². The Bertz CT molecular complexity index is 473. The lowest BCUT2D eigenvalue weighted by Crippen LogP contribution is -1.97. The Morgan fingerprint density at radius 2 is 1.88 bits per heavy atom. The molecule has 0 aliphatic heterocycles. The average molecular weight is 295 g/mol. The van der Waals surface area contributed by atoms with Crippen LogP contribution in [0.5, 0.6) is 0 Å². The lowest BCUT2D eigenvalue weighted by molar-refractivity contribution is 0.935. The minimum Gasteiger partial charge on any atom is -0.152 e. The van der Waals surface area contributed by atoms with Gasteiger partial charge in [-0.2, -0.15) is 11.3 Å². The van der Waals surface area contributed by atoms with E-state index < -0.39 is 0 Å². The molecule has 0 aliphatic carbocycles. The summed E-state index contributed by atoms with van der Waals surface area (Å²) in [5.74, 6) is 0. The second-order valence-corrected chi connectivity index (χ2v) is 5.96. The first-order chi connectivity index (χ1) is 7.68. The smallest absolute Gasteiger partial charge is 0.0446 e. The van der Waals surface area contributed by atoms with Gasteiger partial charge in [0.05, 0.1) is 0 Å². The van der Waals surface area contributed by atoms with Crippen LogP contribution in [0.25, 0.3) is 0 Å². The molecule has 84 valence electrons. The van der Waals surface area contributed by atoms with Crippen molar-refractivity contribution in [3.05, 3.63) is 57.3 Å². The average Bonchev–Trinajstić information content (AvgIpc) is 2.68. The van der Waals surface area contributed by atoms with Crippen molar-refractivity contribution in [1.29, 1.82) is 0 Å². The van der Waals surface area contributed by atoms with E-state index in [4.69, 9.17) is 0 Å². The van der Waals surface area contributed by atoms with Crippen molar-refractivity contribution in [3.8, 4) is 0 Å². The van der Waals surface area contributed by atoms with Gasteiger partial charge < -0.3 is 0 Å². The van der Waals surface area contributed by atoms with Gasteiger partial charge in [0.25, 0.3) is 0 Å². The zero-order valence-electron chi connectivity index (χ0n) is 9.53. The van der Waals surface area contributed by atoms with Crippen LogP contribution in [0.4, 0.5) is 0 Å². The zero-order valence-corrected chi connectivity index (χ0v) is 11.9. The molecule has 1 atom stereocenters. The summed E-state index contributed by atoms with van der Waals surface area (Å²) in [6, 6.07) is 8.60. The van der Waals surface area contributed by atoms with Crippen LogP contribution < -0.4 is 0 Å². The van der Waals surface area contributed by atoms with E-state index in [0.717, 1.165) is 6.42 Å². The van der Waals surface area contributed by atoms with Crippen LogP contribution in [-0.2, 0) is 6.42 Å². The Labute approximate surface area is 109 Å². The molecule has 0 saturated carbocycles. The number of aryl methyl sites for hydroxylation is 2. The van der Waals surface area contributed by atoms with Crippen molar-refractivity contribution >= 4 is 27.3 Å². The predicted octanol–water partition coefficient (Wildman–Crippen LogP) is 5.04. The molecule has 0 bridgehead atoms. The van der Waals surface area contributed by atoms with Crippen LogP contribution in [0, 0.1) is 13.8 Å². The highest BCUT2D eigenvalue weighted by Crippen LogP contribution is 2.32. The van der Waals surface area contributed by atoms with E-state index in [1.54, 1.807) is 11.3 Å². The molecule has 1 unspecified atom stereocenters. The molecule has 1 aromatic carbocycles. The third-order valence-corrected chi connectivity index (χ3v) is 4.59. The van der Waals surface area contributed by atoms with Crippen molar-refractivity contribution in [2.24, 2.45) is 0 Å². The van der Waals surface area contributed by atoms with Gasteiger partial charge in [-0.25, -0.2) is 0 Å². The molecule has 0 fully saturated rings. The molecular formula is C14H15BrS. The fraction of sp³-hybridized carbons (Fsp3) is 0.286. The van der Waals surface area contributed by atoms with Crippen molar-refractivity contribution in [2.75, 3.05) is 0 Å². The second-order valence-electron chi connectivity index (χ2n) is 4.11. The van der Waals surface area contributed by atoms with Crippen LogP contribution in [-0.4, -0.2) is 0 Å². The summed E-state index contributed by atoms with van der Waals surface area (Å²) >= 11 is 5.57. The number of thiophene rings is 1. The van der Waals surface area contributed by atoms with Crippen molar-refractivity contribution in [3.63, 3.8) is 0 Å². The van der Waals surface area contributed by atoms with Crippen LogP contribution in [0.15, 0.2) is 35.0 Å². The summed E-state index contributed by atoms with van der Waals surface area (Å²) in [5.41, 5.74) is 5.61. The molecule has 0 aliphatic rings. The van der Waals surface area contributed by atoms with Crippen LogP contribution in [0.3, 0.4) is 0 Å². The molecule has 1 aromatic heterocycles. The summed E-state index contributed by atoms with van der Waals surface area (Å²) in [7, 11) is 0. The van der Waals surface area contributed by atoms with E-state index in [1.165, 1.54) is 22.3 Å². The van der Waals surface area contributed by atoms with E-state index in [1.807, 2.05) is 0 Å². The monoisotopic (exact) mass is 294 g/mol. The molecular weight excluding hydrogens is 280 g/mol. The summed E-state index contributed by atoms with van der Waals surface area (Å²) < 4.78 is 0. The molecule has 0 saturated heterocycles. The first kappa shape index (κ1) is 11.9. The van der Waals surface area contributed by atoms with E-state index in [0.29, 0.717) is 4.83 Å². The fourth-order valence-electron chi connectivity index (χ4n) is 1.83. The van der Waals surface area contributed by atoms with Gasteiger partial charge in [-0.1, -0.05) is 40.2 Å². The van der Waals surface area contributed by atoms with Crippen LogP contribution >= 0.6 is 27.3 Å². The summed E-state index contributed by atoms with van der Waals surface area (Å²) in [6.45, 7) is 4.35. The Kier molecular flexibility index (Phi) is 3.82. The quantitative estimate of drug-likeness (QED) is 0.696. The first-order valence-corrected chi connectivity index (χ1v) is 7.25. The van der Waals surface area contributed by atoms with Gasteiger partial charge in [-0.05, 0) is 53.3 Å². The Morgan fingerprint density at radius 1 is 1.12 bits per heavy atom. The Hall–Kier alpha value is -0.600. The molecule has 1 heterocycles. The molecule has 2 rings (SSSR count). The summed E-state index contributed by atoms with van der Waals surface area (Å²) in [6.07, 6.45) is 1.06. The molecule has 0 radical (unpaired) electrons. The van der Waals surface area contributed by atoms with Crippen LogP contribution in [0.2, 0.25) is 0 Å². The maximum atomic E-state index is 3.79. The largest absolute Gasteiger partial charge is 0.152 e. The van der Waals surface area contributed by atoms with Crippen LogP contribution in [0.1, 0.15) is 27.1 Å². The lowest BCUT2D eigenvalue weighted by Gasteiger charge is -2.11. The third kappa shape index (κ3) is 2.55. The molecule has 16 heavy (non-hydrogen) atoms. The number of alkyl halides is 1. The zero-order chi connectivity index (χ0) is 11.5. The van der Waals surface area contributed by atoms with Crippen molar-refractivity contribution < 1.29 is 0 Å². The molecule has 0 spiro atoms. The van der Waals surface area contributed by atoms with Gasteiger partial charge >= 0.3 is 0 Å². The van der Waals surface area contributed by atoms with E-state index in [-0.39, 0.29) is 0 Å². The Morgan fingerprint density at radius 3 is 2.50 bits per heavy atom. The number of halogens is 1.